The number of sulfonamides is 1. The number of methoxy groups -OCH3 is 1. The van der Waals surface area contributed by atoms with Gasteiger partial charge in [0, 0.05) is 25.8 Å². The smallest absolute Gasteiger partial charge is 0.248 e. The molecule has 0 aliphatic rings. The van der Waals surface area contributed by atoms with Crippen LogP contribution in [0, 0.1) is 0 Å². The Hall–Kier alpha value is -1.44. The number of ether oxygens (including phenoxy) is 1. The normalized spacial score (nSPS) is 13.4. The lowest BCUT2D eigenvalue weighted by molar-refractivity contribution is 0.0999. The van der Waals surface area contributed by atoms with E-state index < -0.39 is 21.4 Å². The molecule has 0 aromatic heterocycles. The standard InChI is InChI=1S/C13H20N2O4S/c1-4-15(5-2)20(17,18)13(19-3)11-8-6-7-10(9-11)12(14)16/h6-9,13H,4-5H2,1-3H3,(H2,14,16). The van der Waals surface area contributed by atoms with Gasteiger partial charge in [0.05, 0.1) is 0 Å². The molecule has 1 rings (SSSR count). The molecule has 0 bridgehead atoms. The number of hydrogen-bond acceptors (Lipinski definition) is 4. The van der Waals surface area contributed by atoms with Crippen molar-refractivity contribution in [1.29, 1.82) is 0 Å². The van der Waals surface area contributed by atoms with Crippen molar-refractivity contribution in [1.82, 2.24) is 4.31 Å². The lowest BCUT2D eigenvalue weighted by Gasteiger charge is -2.25. The summed E-state index contributed by atoms with van der Waals surface area (Å²) in [6.45, 7) is 4.23. The first-order valence-corrected chi connectivity index (χ1v) is 7.80. The molecule has 6 nitrogen and oxygen atoms in total. The van der Waals surface area contributed by atoms with E-state index in [1.165, 1.54) is 23.5 Å². The SMILES string of the molecule is CCN(CC)S(=O)(=O)C(OC)c1cccc(C(N)=O)c1. The molecule has 0 saturated carbocycles. The monoisotopic (exact) mass is 300 g/mol. The summed E-state index contributed by atoms with van der Waals surface area (Å²) in [6.07, 6.45) is 0. The van der Waals surface area contributed by atoms with E-state index in [-0.39, 0.29) is 5.56 Å². The molecule has 0 aliphatic carbocycles. The minimum atomic E-state index is -3.65. The third-order valence-electron chi connectivity index (χ3n) is 2.99. The Bertz CT molecular complexity index is 567. The van der Waals surface area contributed by atoms with Gasteiger partial charge in [-0.15, -0.1) is 0 Å². The number of nitrogens with zero attached hydrogens (tertiary/aromatic N) is 1. The molecule has 112 valence electrons. The van der Waals surface area contributed by atoms with E-state index in [9.17, 15) is 13.2 Å². The minimum absolute atomic E-state index is 0.249. The summed E-state index contributed by atoms with van der Waals surface area (Å²) in [5.41, 5.74) is 4.69. The third kappa shape index (κ3) is 3.36. The number of nitrogens with two attached hydrogens (primary N) is 1. The van der Waals surface area contributed by atoms with Crippen molar-refractivity contribution in [3.05, 3.63) is 35.4 Å². The van der Waals surface area contributed by atoms with Gasteiger partial charge in [-0.2, -0.15) is 4.31 Å². The molecule has 1 aromatic rings. The lowest BCUT2D eigenvalue weighted by Crippen LogP contribution is -2.35. The first kappa shape index (κ1) is 16.6. The van der Waals surface area contributed by atoms with Gasteiger partial charge in [0.25, 0.3) is 0 Å². The van der Waals surface area contributed by atoms with Gasteiger partial charge in [-0.3, -0.25) is 4.79 Å². The molecule has 7 heteroatoms. The van der Waals surface area contributed by atoms with Crippen LogP contribution in [-0.2, 0) is 14.8 Å². The van der Waals surface area contributed by atoms with Crippen LogP contribution < -0.4 is 5.73 Å². The number of amides is 1. The van der Waals surface area contributed by atoms with Gasteiger partial charge in [-0.1, -0.05) is 26.0 Å². The zero-order valence-electron chi connectivity index (χ0n) is 11.9. The quantitative estimate of drug-likeness (QED) is 0.816. The van der Waals surface area contributed by atoms with Crippen LogP contribution in [0.4, 0.5) is 0 Å². The summed E-state index contributed by atoms with van der Waals surface area (Å²) in [5, 5.41) is 0. The molecule has 1 atom stereocenters. The third-order valence-corrected chi connectivity index (χ3v) is 5.24. The van der Waals surface area contributed by atoms with Crippen LogP contribution in [0.2, 0.25) is 0 Å². The van der Waals surface area contributed by atoms with E-state index in [1.54, 1.807) is 26.0 Å². The van der Waals surface area contributed by atoms with Crippen molar-refractivity contribution in [3.63, 3.8) is 0 Å². The molecule has 1 aromatic carbocycles. The predicted octanol–water partition coefficient (Wildman–Crippen LogP) is 1.10. The molecule has 0 fully saturated rings. The highest BCUT2D eigenvalue weighted by Gasteiger charge is 2.32. The van der Waals surface area contributed by atoms with E-state index >= 15 is 0 Å². The minimum Gasteiger partial charge on any atom is -0.366 e. The average molecular weight is 300 g/mol. The number of primary amides is 1. The van der Waals surface area contributed by atoms with E-state index in [0.29, 0.717) is 18.7 Å². The Morgan fingerprint density at radius 1 is 1.35 bits per heavy atom. The highest BCUT2D eigenvalue weighted by Crippen LogP contribution is 2.26. The van der Waals surface area contributed by atoms with E-state index in [4.69, 9.17) is 10.5 Å². The molecule has 0 heterocycles. The van der Waals surface area contributed by atoms with Gasteiger partial charge in [-0.25, -0.2) is 8.42 Å². The number of carbonyl (C=O) groups is 1. The predicted molar refractivity (Wildman–Crippen MR) is 76.6 cm³/mol. The number of rotatable bonds is 7. The molecule has 2 N–H and O–H groups in total. The van der Waals surface area contributed by atoms with Crippen LogP contribution in [0.3, 0.4) is 0 Å². The molecule has 1 unspecified atom stereocenters. The second-order valence-electron chi connectivity index (χ2n) is 4.19. The van der Waals surface area contributed by atoms with Crippen LogP contribution in [0.1, 0.15) is 35.2 Å². The summed E-state index contributed by atoms with van der Waals surface area (Å²) in [6, 6.07) is 6.15. The summed E-state index contributed by atoms with van der Waals surface area (Å²) in [4.78, 5) is 11.2. The second kappa shape index (κ2) is 6.83. The number of carbonyl (C=O) groups excluding carboxylic acids is 1. The van der Waals surface area contributed by atoms with Gasteiger partial charge in [-0.05, 0) is 17.7 Å². The maximum absolute atomic E-state index is 12.5. The summed E-state index contributed by atoms with van der Waals surface area (Å²) >= 11 is 0. The summed E-state index contributed by atoms with van der Waals surface area (Å²) in [5.74, 6) is -0.609. The molecule has 20 heavy (non-hydrogen) atoms. The summed E-state index contributed by atoms with van der Waals surface area (Å²) in [7, 11) is -2.33. The first-order chi connectivity index (χ1) is 9.38. The topological polar surface area (TPSA) is 89.7 Å². The van der Waals surface area contributed by atoms with Crippen molar-refractivity contribution in [2.24, 2.45) is 5.73 Å². The molecular formula is C13H20N2O4S. The van der Waals surface area contributed by atoms with Crippen molar-refractivity contribution in [2.45, 2.75) is 19.3 Å². The van der Waals surface area contributed by atoms with E-state index in [0.717, 1.165) is 0 Å². The molecule has 0 aliphatic heterocycles. The fraction of sp³-hybridized carbons (Fsp3) is 0.462. The maximum atomic E-state index is 12.5. The van der Waals surface area contributed by atoms with Crippen LogP contribution in [0.15, 0.2) is 24.3 Å². The Morgan fingerprint density at radius 3 is 2.40 bits per heavy atom. The Labute approximate surface area is 119 Å². The maximum Gasteiger partial charge on any atom is 0.248 e. The fourth-order valence-corrected chi connectivity index (χ4v) is 3.71. The molecule has 0 saturated heterocycles. The molecule has 0 spiro atoms. The zero-order valence-corrected chi connectivity index (χ0v) is 12.7. The average Bonchev–Trinajstić information content (AvgIpc) is 2.40. The van der Waals surface area contributed by atoms with Crippen molar-refractivity contribution < 1.29 is 17.9 Å². The Morgan fingerprint density at radius 2 is 1.95 bits per heavy atom. The van der Waals surface area contributed by atoms with Gasteiger partial charge < -0.3 is 10.5 Å². The molecule has 1 amide bonds. The highest BCUT2D eigenvalue weighted by atomic mass is 32.2. The second-order valence-corrected chi connectivity index (χ2v) is 6.16. The van der Waals surface area contributed by atoms with Gasteiger partial charge in [0.15, 0.2) is 5.44 Å². The van der Waals surface area contributed by atoms with Crippen molar-refractivity contribution in [3.8, 4) is 0 Å². The zero-order chi connectivity index (χ0) is 15.3. The number of hydrogen-bond donors (Lipinski definition) is 1. The van der Waals surface area contributed by atoms with Crippen LogP contribution in [0.5, 0.6) is 0 Å². The molecule has 0 radical (unpaired) electrons. The number of benzene rings is 1. The molecular weight excluding hydrogens is 280 g/mol. The van der Waals surface area contributed by atoms with E-state index in [1.807, 2.05) is 0 Å². The highest BCUT2D eigenvalue weighted by molar-refractivity contribution is 7.89. The first-order valence-electron chi connectivity index (χ1n) is 6.30. The Balaban J connectivity index is 3.26. The van der Waals surface area contributed by atoms with Crippen molar-refractivity contribution >= 4 is 15.9 Å². The van der Waals surface area contributed by atoms with Gasteiger partial charge in [0.1, 0.15) is 0 Å². The van der Waals surface area contributed by atoms with E-state index in [2.05, 4.69) is 0 Å². The van der Waals surface area contributed by atoms with Crippen molar-refractivity contribution in [2.75, 3.05) is 20.2 Å². The van der Waals surface area contributed by atoms with Gasteiger partial charge in [0.2, 0.25) is 15.9 Å². The Kier molecular flexibility index (Phi) is 5.67. The van der Waals surface area contributed by atoms with Crippen LogP contribution in [0.25, 0.3) is 0 Å². The van der Waals surface area contributed by atoms with Crippen LogP contribution >= 0.6 is 0 Å². The fourth-order valence-electron chi connectivity index (χ4n) is 1.99. The lowest BCUT2D eigenvalue weighted by atomic mass is 10.1. The van der Waals surface area contributed by atoms with Gasteiger partial charge >= 0.3 is 0 Å². The largest absolute Gasteiger partial charge is 0.366 e. The van der Waals surface area contributed by atoms with Crippen LogP contribution in [-0.4, -0.2) is 38.8 Å². The summed E-state index contributed by atoms with van der Waals surface area (Å²) < 4.78 is 31.4.